The number of nitrogens with one attached hydrogen (secondary N) is 1. The number of nitro benzene ring substituents is 1. The van der Waals surface area contributed by atoms with Crippen LogP contribution in [0.5, 0.6) is 0 Å². The monoisotopic (exact) mass is 294 g/mol. The van der Waals surface area contributed by atoms with Crippen LogP contribution in [0.2, 0.25) is 5.02 Å². The first-order chi connectivity index (χ1) is 9.56. The molecule has 0 saturated heterocycles. The zero-order chi connectivity index (χ0) is 14.3. The molecule has 1 amide bonds. The van der Waals surface area contributed by atoms with Crippen molar-refractivity contribution in [3.8, 4) is 0 Å². The molecule has 2 aliphatic rings. The van der Waals surface area contributed by atoms with E-state index in [-0.39, 0.29) is 22.7 Å². The highest BCUT2D eigenvalue weighted by molar-refractivity contribution is 6.32. The Morgan fingerprint density at radius 2 is 1.90 bits per heavy atom. The molecule has 106 valence electrons. The summed E-state index contributed by atoms with van der Waals surface area (Å²) in [5.41, 5.74) is 0.0705. The molecule has 6 heteroatoms. The van der Waals surface area contributed by atoms with E-state index in [2.05, 4.69) is 5.32 Å². The van der Waals surface area contributed by atoms with E-state index in [1.54, 1.807) is 0 Å². The number of halogens is 1. The number of hydrogen-bond acceptors (Lipinski definition) is 3. The minimum atomic E-state index is -0.571. The normalized spacial score (nSPS) is 18.1. The molecule has 2 aliphatic carbocycles. The Labute approximate surface area is 121 Å². The van der Waals surface area contributed by atoms with Gasteiger partial charge in [0.25, 0.3) is 11.6 Å². The van der Waals surface area contributed by atoms with Crippen molar-refractivity contribution >= 4 is 23.2 Å². The number of amides is 1. The predicted molar refractivity (Wildman–Crippen MR) is 74.8 cm³/mol. The molecule has 1 N–H and O–H groups in total. The van der Waals surface area contributed by atoms with Crippen LogP contribution in [0.1, 0.15) is 36.0 Å². The molecule has 20 heavy (non-hydrogen) atoms. The highest BCUT2D eigenvalue weighted by atomic mass is 35.5. The Morgan fingerprint density at radius 1 is 1.30 bits per heavy atom. The molecule has 0 heterocycles. The van der Waals surface area contributed by atoms with Gasteiger partial charge in [-0.05, 0) is 49.7 Å². The Hall–Kier alpha value is -1.62. The lowest BCUT2D eigenvalue weighted by Gasteiger charge is -2.17. The van der Waals surface area contributed by atoms with Gasteiger partial charge in [0.1, 0.15) is 5.02 Å². The first kappa shape index (κ1) is 13.4. The van der Waals surface area contributed by atoms with Crippen molar-refractivity contribution in [1.82, 2.24) is 5.32 Å². The largest absolute Gasteiger partial charge is 0.349 e. The lowest BCUT2D eigenvalue weighted by molar-refractivity contribution is -0.384. The third-order valence-electron chi connectivity index (χ3n) is 3.96. The van der Waals surface area contributed by atoms with Gasteiger partial charge in [0.2, 0.25) is 0 Å². The fraction of sp³-hybridized carbons (Fsp3) is 0.500. The summed E-state index contributed by atoms with van der Waals surface area (Å²) in [5.74, 6) is 0.941. The second-order valence-corrected chi connectivity index (χ2v) is 6.00. The molecule has 0 spiro atoms. The van der Waals surface area contributed by atoms with Crippen molar-refractivity contribution in [2.24, 2.45) is 11.8 Å². The average Bonchev–Trinajstić information content (AvgIpc) is 3.28. The molecule has 0 bridgehead atoms. The van der Waals surface area contributed by atoms with Crippen LogP contribution >= 0.6 is 11.6 Å². The van der Waals surface area contributed by atoms with E-state index >= 15 is 0 Å². The van der Waals surface area contributed by atoms with Crippen LogP contribution in [-0.4, -0.2) is 16.9 Å². The Balaban J connectivity index is 1.76. The number of nitro groups is 1. The van der Waals surface area contributed by atoms with Crippen molar-refractivity contribution < 1.29 is 9.72 Å². The molecule has 0 atom stereocenters. The number of nitrogens with zero attached hydrogens (tertiary/aromatic N) is 1. The molecular weight excluding hydrogens is 280 g/mol. The number of rotatable bonds is 5. The van der Waals surface area contributed by atoms with E-state index in [1.165, 1.54) is 43.9 Å². The molecular formula is C14H15ClN2O3. The van der Waals surface area contributed by atoms with Crippen LogP contribution in [0.4, 0.5) is 5.69 Å². The smallest absolute Gasteiger partial charge is 0.288 e. The van der Waals surface area contributed by atoms with Gasteiger partial charge in [-0.1, -0.05) is 11.6 Å². The maximum atomic E-state index is 12.2. The van der Waals surface area contributed by atoms with E-state index in [0.717, 1.165) is 0 Å². The fourth-order valence-electron chi connectivity index (χ4n) is 2.56. The van der Waals surface area contributed by atoms with Crippen LogP contribution in [-0.2, 0) is 0 Å². The molecule has 0 unspecified atom stereocenters. The molecule has 3 rings (SSSR count). The average molecular weight is 295 g/mol. The molecule has 2 saturated carbocycles. The van der Waals surface area contributed by atoms with E-state index in [1.807, 2.05) is 0 Å². The molecule has 0 aliphatic heterocycles. The van der Waals surface area contributed by atoms with Crippen molar-refractivity contribution in [3.05, 3.63) is 38.9 Å². The molecule has 0 radical (unpaired) electrons. The summed E-state index contributed by atoms with van der Waals surface area (Å²) in [6.07, 6.45) is 4.68. The van der Waals surface area contributed by atoms with Crippen LogP contribution in [0.3, 0.4) is 0 Å². The van der Waals surface area contributed by atoms with Crippen molar-refractivity contribution in [2.75, 3.05) is 0 Å². The molecule has 5 nitrogen and oxygen atoms in total. The molecule has 0 aromatic heterocycles. The maximum Gasteiger partial charge on any atom is 0.288 e. The van der Waals surface area contributed by atoms with E-state index in [0.29, 0.717) is 17.4 Å². The molecule has 1 aromatic rings. The predicted octanol–water partition coefficient (Wildman–Crippen LogP) is 3.17. The standard InChI is InChI=1S/C14H15ClN2O3/c15-11-6-5-10(7-12(11)17(19)20)14(18)16-13(8-1-2-8)9-3-4-9/h5-9,13H,1-4H2,(H,16,18). The zero-order valence-corrected chi connectivity index (χ0v) is 11.6. The highest BCUT2D eigenvalue weighted by Gasteiger charge is 2.42. The summed E-state index contributed by atoms with van der Waals surface area (Å²) in [7, 11) is 0. The van der Waals surface area contributed by atoms with Crippen molar-refractivity contribution in [1.29, 1.82) is 0 Å². The minimum Gasteiger partial charge on any atom is -0.349 e. The number of benzene rings is 1. The van der Waals surface area contributed by atoms with Gasteiger partial charge in [-0.15, -0.1) is 0 Å². The van der Waals surface area contributed by atoms with Gasteiger partial charge in [-0.3, -0.25) is 14.9 Å². The number of hydrogen-bond donors (Lipinski definition) is 1. The van der Waals surface area contributed by atoms with Gasteiger partial charge in [-0.25, -0.2) is 0 Å². The van der Waals surface area contributed by atoms with Gasteiger partial charge >= 0.3 is 0 Å². The van der Waals surface area contributed by atoms with E-state index in [4.69, 9.17) is 11.6 Å². The van der Waals surface area contributed by atoms with Crippen LogP contribution in [0.25, 0.3) is 0 Å². The molecule has 1 aromatic carbocycles. The Morgan fingerprint density at radius 3 is 2.40 bits per heavy atom. The number of carbonyl (C=O) groups is 1. The minimum absolute atomic E-state index is 0.0486. The first-order valence-electron chi connectivity index (χ1n) is 6.81. The quantitative estimate of drug-likeness (QED) is 0.669. The first-order valence-corrected chi connectivity index (χ1v) is 7.19. The van der Waals surface area contributed by atoms with Gasteiger partial charge in [-0.2, -0.15) is 0 Å². The zero-order valence-electron chi connectivity index (χ0n) is 10.8. The third kappa shape index (κ3) is 2.77. The summed E-state index contributed by atoms with van der Waals surface area (Å²) in [4.78, 5) is 22.5. The maximum absolute atomic E-state index is 12.2. The summed E-state index contributed by atoms with van der Waals surface area (Å²) in [6.45, 7) is 0. The SMILES string of the molecule is O=C(NC(C1CC1)C1CC1)c1ccc(Cl)c([N+](=O)[O-])c1. The summed E-state index contributed by atoms with van der Waals surface area (Å²) in [6, 6.07) is 4.41. The summed E-state index contributed by atoms with van der Waals surface area (Å²) < 4.78 is 0. The van der Waals surface area contributed by atoms with Crippen LogP contribution in [0, 0.1) is 22.0 Å². The second kappa shape index (κ2) is 5.05. The fourth-order valence-corrected chi connectivity index (χ4v) is 2.75. The highest BCUT2D eigenvalue weighted by Crippen LogP contribution is 2.44. The topological polar surface area (TPSA) is 72.2 Å². The van der Waals surface area contributed by atoms with Gasteiger partial charge in [0.15, 0.2) is 0 Å². The van der Waals surface area contributed by atoms with Gasteiger partial charge < -0.3 is 5.32 Å². The lowest BCUT2D eigenvalue weighted by Crippen LogP contribution is -2.38. The van der Waals surface area contributed by atoms with Crippen molar-refractivity contribution in [2.45, 2.75) is 31.7 Å². The van der Waals surface area contributed by atoms with Gasteiger partial charge in [0, 0.05) is 17.7 Å². The molecule has 2 fully saturated rings. The van der Waals surface area contributed by atoms with Crippen LogP contribution in [0.15, 0.2) is 18.2 Å². The van der Waals surface area contributed by atoms with E-state index < -0.39 is 4.92 Å². The lowest BCUT2D eigenvalue weighted by atomic mass is 10.1. The third-order valence-corrected chi connectivity index (χ3v) is 4.28. The summed E-state index contributed by atoms with van der Waals surface area (Å²) in [5, 5.41) is 13.9. The van der Waals surface area contributed by atoms with Crippen LogP contribution < -0.4 is 5.32 Å². The van der Waals surface area contributed by atoms with Gasteiger partial charge in [0.05, 0.1) is 4.92 Å². The van der Waals surface area contributed by atoms with E-state index in [9.17, 15) is 14.9 Å². The number of carbonyl (C=O) groups excluding carboxylic acids is 1. The Kier molecular flexibility index (Phi) is 3.38. The Bertz CT molecular complexity index is 556. The summed E-state index contributed by atoms with van der Waals surface area (Å²) >= 11 is 5.75. The second-order valence-electron chi connectivity index (χ2n) is 5.60. The van der Waals surface area contributed by atoms with Crippen molar-refractivity contribution in [3.63, 3.8) is 0 Å².